The first-order valence-electron chi connectivity index (χ1n) is 3.97. The molecule has 0 saturated heterocycles. The van der Waals surface area contributed by atoms with Gasteiger partial charge in [-0.15, -0.1) is 0 Å². The Morgan fingerprint density at radius 2 is 2.00 bits per heavy atom. The van der Waals surface area contributed by atoms with Crippen molar-refractivity contribution < 1.29 is 9.21 Å². The van der Waals surface area contributed by atoms with Crippen LogP contribution in [0.3, 0.4) is 0 Å². The molecule has 0 unspecified atom stereocenters. The largest absolute Gasteiger partial charge is 0.449 e. The van der Waals surface area contributed by atoms with Gasteiger partial charge < -0.3 is 21.6 Å². The van der Waals surface area contributed by atoms with Crippen LogP contribution in [0.4, 0.5) is 11.4 Å². The zero-order valence-corrected chi connectivity index (χ0v) is 7.28. The predicted octanol–water partition coefficient (Wildman–Crippen LogP) is 0.696. The van der Waals surface area contributed by atoms with E-state index in [2.05, 4.69) is 0 Å². The Hall–Kier alpha value is -2.17. The van der Waals surface area contributed by atoms with Gasteiger partial charge in [0.15, 0.2) is 0 Å². The van der Waals surface area contributed by atoms with Crippen molar-refractivity contribution in [3.05, 3.63) is 24.0 Å². The average molecular weight is 191 g/mol. The molecule has 0 aliphatic rings. The van der Waals surface area contributed by atoms with Gasteiger partial charge in [0, 0.05) is 11.1 Å². The lowest BCUT2D eigenvalue weighted by molar-refractivity contribution is 0.0977. The molecule has 5 heteroatoms. The third-order valence-electron chi connectivity index (χ3n) is 1.97. The number of hydrogen-bond acceptors (Lipinski definition) is 4. The highest BCUT2D eigenvalue weighted by Crippen LogP contribution is 2.29. The molecular formula is C9H9N3O2. The molecule has 0 aliphatic heterocycles. The van der Waals surface area contributed by atoms with Crippen LogP contribution < -0.4 is 17.2 Å². The summed E-state index contributed by atoms with van der Waals surface area (Å²) in [6.07, 6.45) is 0. The molecule has 1 amide bonds. The Balaban J connectivity index is 2.80. The van der Waals surface area contributed by atoms with E-state index in [0.717, 1.165) is 0 Å². The topological polar surface area (TPSA) is 108 Å². The van der Waals surface area contributed by atoms with Crippen molar-refractivity contribution in [1.82, 2.24) is 0 Å². The maximum absolute atomic E-state index is 10.9. The number of carbonyl (C=O) groups is 1. The molecule has 0 fully saturated rings. The Morgan fingerprint density at radius 1 is 1.29 bits per heavy atom. The second-order valence-electron chi connectivity index (χ2n) is 2.96. The van der Waals surface area contributed by atoms with Crippen LogP contribution in [-0.2, 0) is 0 Å². The number of anilines is 2. The van der Waals surface area contributed by atoms with Crippen molar-refractivity contribution in [2.24, 2.45) is 5.73 Å². The van der Waals surface area contributed by atoms with Crippen molar-refractivity contribution in [1.29, 1.82) is 0 Å². The van der Waals surface area contributed by atoms with E-state index in [4.69, 9.17) is 21.6 Å². The summed E-state index contributed by atoms with van der Waals surface area (Å²) in [6.45, 7) is 0. The number of furan rings is 1. The number of hydrogen-bond donors (Lipinski definition) is 3. The molecule has 0 bridgehead atoms. The highest BCUT2D eigenvalue weighted by Gasteiger charge is 2.15. The summed E-state index contributed by atoms with van der Waals surface area (Å²) in [7, 11) is 0. The number of fused-ring (bicyclic) bond motifs is 1. The summed E-state index contributed by atoms with van der Waals surface area (Å²) in [5.74, 6) is -0.706. The fourth-order valence-corrected chi connectivity index (χ4v) is 1.32. The fourth-order valence-electron chi connectivity index (χ4n) is 1.32. The molecule has 0 spiro atoms. The van der Waals surface area contributed by atoms with Gasteiger partial charge in [0.05, 0.1) is 5.69 Å². The minimum absolute atomic E-state index is 0.0226. The Labute approximate surface area is 79.5 Å². The highest BCUT2D eigenvalue weighted by molar-refractivity contribution is 6.05. The zero-order valence-electron chi connectivity index (χ0n) is 7.28. The monoisotopic (exact) mass is 191 g/mol. The van der Waals surface area contributed by atoms with E-state index in [9.17, 15) is 4.79 Å². The van der Waals surface area contributed by atoms with Crippen molar-refractivity contribution in [3.63, 3.8) is 0 Å². The standard InChI is InChI=1S/C9H9N3O2/c10-4-1-2-6-5(3-4)7(11)8(14-6)9(12)13/h1-3H,10-11H2,(H2,12,13). The van der Waals surface area contributed by atoms with Gasteiger partial charge in [-0.2, -0.15) is 0 Å². The van der Waals surface area contributed by atoms with Crippen LogP contribution in [0.15, 0.2) is 22.6 Å². The molecule has 0 saturated carbocycles. The number of amides is 1. The summed E-state index contributed by atoms with van der Waals surface area (Å²) in [4.78, 5) is 10.9. The van der Waals surface area contributed by atoms with Gasteiger partial charge in [-0.05, 0) is 18.2 Å². The SMILES string of the molecule is NC(=O)c1oc2ccc(N)cc2c1N. The minimum Gasteiger partial charge on any atom is -0.449 e. The first-order chi connectivity index (χ1) is 6.59. The van der Waals surface area contributed by atoms with Crippen LogP contribution in [0.25, 0.3) is 11.0 Å². The molecule has 2 rings (SSSR count). The first kappa shape index (κ1) is 8.43. The number of nitrogens with two attached hydrogens (primary N) is 3. The van der Waals surface area contributed by atoms with Gasteiger partial charge >= 0.3 is 0 Å². The van der Waals surface area contributed by atoms with Gasteiger partial charge in [0.2, 0.25) is 5.76 Å². The van der Waals surface area contributed by atoms with E-state index in [1.54, 1.807) is 18.2 Å². The third-order valence-corrected chi connectivity index (χ3v) is 1.97. The molecule has 2 aromatic rings. The molecule has 14 heavy (non-hydrogen) atoms. The maximum Gasteiger partial charge on any atom is 0.286 e. The van der Waals surface area contributed by atoms with E-state index in [1.807, 2.05) is 0 Å². The summed E-state index contributed by atoms with van der Waals surface area (Å²) in [5, 5.41) is 0.610. The van der Waals surface area contributed by atoms with Crippen molar-refractivity contribution in [2.45, 2.75) is 0 Å². The highest BCUT2D eigenvalue weighted by atomic mass is 16.3. The number of primary amides is 1. The van der Waals surface area contributed by atoms with E-state index in [1.165, 1.54) is 0 Å². The maximum atomic E-state index is 10.9. The second-order valence-corrected chi connectivity index (χ2v) is 2.96. The zero-order chi connectivity index (χ0) is 10.3. The summed E-state index contributed by atoms with van der Waals surface area (Å²) in [6, 6.07) is 4.95. The van der Waals surface area contributed by atoms with E-state index >= 15 is 0 Å². The normalized spacial score (nSPS) is 10.6. The molecule has 1 aromatic carbocycles. The molecule has 72 valence electrons. The lowest BCUT2D eigenvalue weighted by Crippen LogP contribution is -2.11. The van der Waals surface area contributed by atoms with Crippen LogP contribution in [0.1, 0.15) is 10.6 Å². The average Bonchev–Trinajstić information content (AvgIpc) is 2.44. The molecule has 1 heterocycles. The quantitative estimate of drug-likeness (QED) is 0.576. The molecular weight excluding hydrogens is 182 g/mol. The summed E-state index contributed by atoms with van der Waals surface area (Å²) >= 11 is 0. The van der Waals surface area contributed by atoms with Gasteiger partial charge in [-0.3, -0.25) is 4.79 Å². The summed E-state index contributed by atoms with van der Waals surface area (Å²) < 4.78 is 5.16. The Kier molecular flexibility index (Phi) is 1.60. The van der Waals surface area contributed by atoms with Gasteiger partial charge in [0.25, 0.3) is 5.91 Å². The molecule has 5 nitrogen and oxygen atoms in total. The number of nitrogen functional groups attached to an aromatic ring is 2. The van der Waals surface area contributed by atoms with Crippen molar-refractivity contribution in [3.8, 4) is 0 Å². The first-order valence-corrected chi connectivity index (χ1v) is 3.97. The third kappa shape index (κ3) is 1.06. The summed E-state index contributed by atoms with van der Waals surface area (Å²) in [5.41, 5.74) is 17.6. The number of benzene rings is 1. The molecule has 0 radical (unpaired) electrons. The Bertz CT molecular complexity index is 516. The fraction of sp³-hybridized carbons (Fsp3) is 0. The molecule has 6 N–H and O–H groups in total. The molecule has 1 aromatic heterocycles. The van der Waals surface area contributed by atoms with Crippen LogP contribution in [0.2, 0.25) is 0 Å². The van der Waals surface area contributed by atoms with Gasteiger partial charge in [0.1, 0.15) is 5.58 Å². The Morgan fingerprint density at radius 3 is 2.64 bits per heavy atom. The van der Waals surface area contributed by atoms with E-state index in [-0.39, 0.29) is 11.4 Å². The van der Waals surface area contributed by atoms with E-state index in [0.29, 0.717) is 16.7 Å². The van der Waals surface area contributed by atoms with Gasteiger partial charge in [-0.1, -0.05) is 0 Å². The van der Waals surface area contributed by atoms with Crippen molar-refractivity contribution in [2.75, 3.05) is 11.5 Å². The van der Waals surface area contributed by atoms with E-state index < -0.39 is 5.91 Å². The van der Waals surface area contributed by atoms with Crippen LogP contribution in [-0.4, -0.2) is 5.91 Å². The van der Waals surface area contributed by atoms with Crippen LogP contribution in [0, 0.1) is 0 Å². The second kappa shape index (κ2) is 2.66. The van der Waals surface area contributed by atoms with Crippen molar-refractivity contribution >= 4 is 28.3 Å². The number of carbonyl (C=O) groups excluding carboxylic acids is 1. The van der Waals surface area contributed by atoms with Gasteiger partial charge in [-0.25, -0.2) is 0 Å². The minimum atomic E-state index is -0.683. The smallest absolute Gasteiger partial charge is 0.286 e. The van der Waals surface area contributed by atoms with Crippen LogP contribution >= 0.6 is 0 Å². The number of rotatable bonds is 1. The predicted molar refractivity (Wildman–Crippen MR) is 53.6 cm³/mol. The lowest BCUT2D eigenvalue weighted by Gasteiger charge is -1.92. The molecule has 0 atom stereocenters. The lowest BCUT2D eigenvalue weighted by atomic mass is 10.2. The van der Waals surface area contributed by atoms with Crippen LogP contribution in [0.5, 0.6) is 0 Å². The molecule has 0 aliphatic carbocycles.